The second kappa shape index (κ2) is 2.91. The third-order valence-electron chi connectivity index (χ3n) is 0.830. The Kier molecular flexibility index (Phi) is 2.51. The van der Waals surface area contributed by atoms with E-state index in [-0.39, 0.29) is 16.2 Å². The first kappa shape index (κ1) is 7.75. The van der Waals surface area contributed by atoms with Crippen molar-refractivity contribution < 1.29 is 14.9 Å². The van der Waals surface area contributed by atoms with Crippen LogP contribution in [0.1, 0.15) is 0 Å². The molecular formula is C6H7FO2. The largest absolute Gasteiger partial charge is 0.508 e. The van der Waals surface area contributed by atoms with Gasteiger partial charge in [-0.05, 0) is 12.1 Å². The Labute approximate surface area is 51.7 Å². The highest BCUT2D eigenvalue weighted by Gasteiger charge is 1.85. The van der Waals surface area contributed by atoms with E-state index < -0.39 is 0 Å². The summed E-state index contributed by atoms with van der Waals surface area (Å²) in [4.78, 5) is 0. The van der Waals surface area contributed by atoms with Gasteiger partial charge in [0.05, 0.1) is 0 Å². The van der Waals surface area contributed by atoms with Crippen molar-refractivity contribution in [1.29, 1.82) is 0 Å². The Morgan fingerprint density at radius 3 is 1.67 bits per heavy atom. The molecule has 9 heavy (non-hydrogen) atoms. The lowest BCUT2D eigenvalue weighted by Crippen LogP contribution is -1.61. The number of aromatic hydroxyl groups is 2. The molecule has 0 saturated carbocycles. The van der Waals surface area contributed by atoms with Crippen LogP contribution in [0.15, 0.2) is 24.3 Å². The molecule has 50 valence electrons. The summed E-state index contributed by atoms with van der Waals surface area (Å²) in [5.41, 5.74) is 0. The zero-order valence-corrected chi connectivity index (χ0v) is 4.61. The van der Waals surface area contributed by atoms with Gasteiger partial charge in [-0.3, -0.25) is 4.70 Å². The van der Waals surface area contributed by atoms with Crippen LogP contribution in [0.2, 0.25) is 0 Å². The lowest BCUT2D eigenvalue weighted by atomic mass is 10.3. The summed E-state index contributed by atoms with van der Waals surface area (Å²) in [6.07, 6.45) is 0. The van der Waals surface area contributed by atoms with Gasteiger partial charge in [-0.1, -0.05) is 6.07 Å². The fraction of sp³-hybridized carbons (Fsp3) is 0. The topological polar surface area (TPSA) is 40.5 Å². The number of hydrogen-bond donors (Lipinski definition) is 2. The number of hydrogen-bond acceptors (Lipinski definition) is 2. The minimum Gasteiger partial charge on any atom is -0.508 e. The molecule has 0 unspecified atom stereocenters. The summed E-state index contributed by atoms with van der Waals surface area (Å²) >= 11 is 0. The second-order valence-corrected chi connectivity index (χ2v) is 1.52. The van der Waals surface area contributed by atoms with Crippen molar-refractivity contribution in [2.75, 3.05) is 0 Å². The fourth-order valence-corrected chi connectivity index (χ4v) is 0.493. The Balaban J connectivity index is 0.000000640. The van der Waals surface area contributed by atoms with Gasteiger partial charge < -0.3 is 10.2 Å². The van der Waals surface area contributed by atoms with Gasteiger partial charge in [-0.2, -0.15) is 0 Å². The van der Waals surface area contributed by atoms with E-state index in [0.717, 1.165) is 0 Å². The van der Waals surface area contributed by atoms with Crippen LogP contribution in [0.5, 0.6) is 11.5 Å². The summed E-state index contributed by atoms with van der Waals surface area (Å²) in [5.74, 6) is 0.176. The van der Waals surface area contributed by atoms with Crippen molar-refractivity contribution in [2.45, 2.75) is 0 Å². The van der Waals surface area contributed by atoms with Gasteiger partial charge in [0.2, 0.25) is 0 Å². The zero-order valence-electron chi connectivity index (χ0n) is 4.61. The molecule has 0 aliphatic rings. The highest BCUT2D eigenvalue weighted by Crippen LogP contribution is 2.14. The quantitative estimate of drug-likeness (QED) is 0.554. The Morgan fingerprint density at radius 1 is 1.00 bits per heavy atom. The van der Waals surface area contributed by atoms with Crippen LogP contribution < -0.4 is 0 Å². The van der Waals surface area contributed by atoms with Gasteiger partial charge in [0.15, 0.2) is 0 Å². The predicted octanol–water partition coefficient (Wildman–Crippen LogP) is 1.25. The van der Waals surface area contributed by atoms with E-state index in [4.69, 9.17) is 10.2 Å². The van der Waals surface area contributed by atoms with E-state index in [2.05, 4.69) is 0 Å². The second-order valence-electron chi connectivity index (χ2n) is 1.52. The number of phenolic OH excluding ortho intramolecular Hbond substituents is 2. The Hall–Kier alpha value is -1.25. The molecule has 1 aromatic carbocycles. The van der Waals surface area contributed by atoms with Crippen molar-refractivity contribution in [3.63, 3.8) is 0 Å². The summed E-state index contributed by atoms with van der Waals surface area (Å²) in [6, 6.07) is 5.85. The molecule has 0 bridgehead atoms. The van der Waals surface area contributed by atoms with Crippen molar-refractivity contribution in [3.05, 3.63) is 24.3 Å². The van der Waals surface area contributed by atoms with Crippen LogP contribution in [-0.4, -0.2) is 10.2 Å². The predicted molar refractivity (Wildman–Crippen MR) is 32.3 cm³/mol. The van der Waals surface area contributed by atoms with Crippen molar-refractivity contribution in [1.82, 2.24) is 0 Å². The minimum atomic E-state index is 0. The maximum Gasteiger partial charge on any atom is 0.119 e. The summed E-state index contributed by atoms with van der Waals surface area (Å²) in [7, 11) is 0. The van der Waals surface area contributed by atoms with Crippen molar-refractivity contribution in [3.8, 4) is 11.5 Å². The molecule has 0 aromatic heterocycles. The van der Waals surface area contributed by atoms with Gasteiger partial charge >= 0.3 is 0 Å². The van der Waals surface area contributed by atoms with Crippen molar-refractivity contribution in [2.24, 2.45) is 0 Å². The first-order chi connectivity index (χ1) is 3.79. The van der Waals surface area contributed by atoms with E-state index >= 15 is 0 Å². The van der Waals surface area contributed by atoms with E-state index in [1.54, 1.807) is 6.07 Å². The van der Waals surface area contributed by atoms with E-state index in [0.29, 0.717) is 0 Å². The van der Waals surface area contributed by atoms with Gasteiger partial charge in [0.25, 0.3) is 0 Å². The van der Waals surface area contributed by atoms with Gasteiger partial charge in [-0.15, -0.1) is 0 Å². The molecular weight excluding hydrogens is 123 g/mol. The molecule has 0 amide bonds. The first-order valence-corrected chi connectivity index (χ1v) is 2.27. The Morgan fingerprint density at radius 2 is 1.44 bits per heavy atom. The standard InChI is InChI=1S/C6H6O2.FH/c7-5-2-1-3-6(8)4-5;/h1-4,7-8H;1H. The van der Waals surface area contributed by atoms with Gasteiger partial charge in [0.1, 0.15) is 11.5 Å². The van der Waals surface area contributed by atoms with Crippen LogP contribution in [0.3, 0.4) is 0 Å². The summed E-state index contributed by atoms with van der Waals surface area (Å²) in [5, 5.41) is 17.3. The fourth-order valence-electron chi connectivity index (χ4n) is 0.493. The summed E-state index contributed by atoms with van der Waals surface area (Å²) < 4.78 is 0. The number of halogens is 1. The average Bonchev–Trinajstić information content (AvgIpc) is 1.64. The molecule has 2 nitrogen and oxygen atoms in total. The van der Waals surface area contributed by atoms with E-state index in [9.17, 15) is 0 Å². The Bertz CT molecular complexity index is 171. The van der Waals surface area contributed by atoms with Crippen LogP contribution in [0, 0.1) is 0 Å². The molecule has 1 aromatic rings. The highest BCUT2D eigenvalue weighted by atomic mass is 19.0. The van der Waals surface area contributed by atoms with Gasteiger partial charge in [0, 0.05) is 6.07 Å². The third kappa shape index (κ3) is 1.99. The molecule has 0 fully saturated rings. The SMILES string of the molecule is F.Oc1cccc(O)c1. The van der Waals surface area contributed by atoms with Crippen LogP contribution >= 0.6 is 0 Å². The smallest absolute Gasteiger partial charge is 0.119 e. The van der Waals surface area contributed by atoms with E-state index in [1.165, 1.54) is 18.2 Å². The maximum atomic E-state index is 8.65. The molecule has 0 spiro atoms. The van der Waals surface area contributed by atoms with Crippen LogP contribution in [0.4, 0.5) is 4.70 Å². The molecule has 0 atom stereocenters. The van der Waals surface area contributed by atoms with Crippen LogP contribution in [0.25, 0.3) is 0 Å². The molecule has 1 rings (SSSR count). The molecule has 2 N–H and O–H groups in total. The first-order valence-electron chi connectivity index (χ1n) is 2.27. The molecule has 0 heterocycles. The normalized spacial score (nSPS) is 8.00. The number of benzene rings is 1. The average molecular weight is 130 g/mol. The monoisotopic (exact) mass is 130 g/mol. The lowest BCUT2D eigenvalue weighted by Gasteiger charge is -1.89. The number of rotatable bonds is 0. The molecule has 0 aliphatic carbocycles. The van der Waals surface area contributed by atoms with E-state index in [1.807, 2.05) is 0 Å². The minimum absolute atomic E-state index is 0. The summed E-state index contributed by atoms with van der Waals surface area (Å²) in [6.45, 7) is 0. The highest BCUT2D eigenvalue weighted by molar-refractivity contribution is 5.30. The zero-order chi connectivity index (χ0) is 5.98. The molecule has 3 heteroatoms. The third-order valence-corrected chi connectivity index (χ3v) is 0.830. The molecule has 0 saturated heterocycles. The van der Waals surface area contributed by atoms with Crippen molar-refractivity contribution >= 4 is 0 Å². The number of phenols is 2. The molecule has 0 radical (unpaired) electrons. The van der Waals surface area contributed by atoms with Crippen LogP contribution in [-0.2, 0) is 0 Å². The van der Waals surface area contributed by atoms with Gasteiger partial charge in [-0.25, -0.2) is 0 Å². The maximum absolute atomic E-state index is 8.65. The molecule has 0 aliphatic heterocycles. The lowest BCUT2D eigenvalue weighted by molar-refractivity contribution is 0.450.